The van der Waals surface area contributed by atoms with Gasteiger partial charge in [0.05, 0.1) is 17.2 Å². The maximum atomic E-state index is 6.11. The van der Waals surface area contributed by atoms with E-state index < -0.39 is 0 Å². The second-order valence-corrected chi connectivity index (χ2v) is 11.2. The lowest BCUT2D eigenvalue weighted by Crippen LogP contribution is -2.54. The highest BCUT2D eigenvalue weighted by Crippen LogP contribution is 2.61. The van der Waals surface area contributed by atoms with Crippen molar-refractivity contribution in [3.05, 3.63) is 57.6 Å². The van der Waals surface area contributed by atoms with Gasteiger partial charge in [0, 0.05) is 12.6 Å². The SMILES string of the molecule is COc1cc(CN[C@@H](C)C23CC4CC(CC(C4)C2)C3)ccc1OCc1ccc(Cl)c(Cl)c1. The molecule has 0 spiro atoms. The highest BCUT2D eigenvalue weighted by atomic mass is 35.5. The van der Waals surface area contributed by atoms with Gasteiger partial charge in [-0.05, 0) is 104 Å². The number of rotatable bonds is 8. The number of benzene rings is 2. The lowest BCUT2D eigenvalue weighted by atomic mass is 9.48. The number of ether oxygens (including phenoxy) is 2. The smallest absolute Gasteiger partial charge is 0.161 e. The van der Waals surface area contributed by atoms with Crippen LogP contribution in [0.2, 0.25) is 10.0 Å². The molecule has 32 heavy (non-hydrogen) atoms. The fourth-order valence-electron chi connectivity index (χ4n) is 6.93. The Balaban J connectivity index is 1.21. The Morgan fingerprint density at radius 3 is 2.19 bits per heavy atom. The first-order chi connectivity index (χ1) is 15.4. The number of hydrogen-bond donors (Lipinski definition) is 1. The average Bonchev–Trinajstić information content (AvgIpc) is 2.77. The molecule has 2 aromatic carbocycles. The summed E-state index contributed by atoms with van der Waals surface area (Å²) < 4.78 is 11.6. The number of halogens is 2. The molecule has 3 nitrogen and oxygen atoms in total. The van der Waals surface area contributed by atoms with Gasteiger partial charge in [0.1, 0.15) is 6.61 Å². The molecular formula is C27H33Cl2NO2. The van der Waals surface area contributed by atoms with Gasteiger partial charge in [0.2, 0.25) is 0 Å². The molecule has 0 unspecified atom stereocenters. The first-order valence-electron chi connectivity index (χ1n) is 11.9. The summed E-state index contributed by atoms with van der Waals surface area (Å²) in [7, 11) is 1.69. The first kappa shape index (κ1) is 22.4. The lowest BCUT2D eigenvalue weighted by molar-refractivity contribution is -0.0706. The highest BCUT2D eigenvalue weighted by Gasteiger charge is 2.52. The van der Waals surface area contributed by atoms with Crippen molar-refractivity contribution in [2.24, 2.45) is 23.2 Å². The van der Waals surface area contributed by atoms with Gasteiger partial charge in [-0.3, -0.25) is 0 Å². The van der Waals surface area contributed by atoms with Crippen LogP contribution in [0.1, 0.15) is 56.6 Å². The maximum absolute atomic E-state index is 6.11. The van der Waals surface area contributed by atoms with Crippen molar-refractivity contribution in [3.8, 4) is 11.5 Å². The minimum absolute atomic E-state index is 0.411. The van der Waals surface area contributed by atoms with Gasteiger partial charge in [-0.25, -0.2) is 0 Å². The minimum Gasteiger partial charge on any atom is -0.493 e. The summed E-state index contributed by atoms with van der Waals surface area (Å²) in [5, 5.41) is 4.96. The average molecular weight is 474 g/mol. The van der Waals surface area contributed by atoms with Crippen LogP contribution in [0.3, 0.4) is 0 Å². The molecule has 1 N–H and O–H groups in total. The first-order valence-corrected chi connectivity index (χ1v) is 12.7. The predicted molar refractivity (Wildman–Crippen MR) is 131 cm³/mol. The largest absolute Gasteiger partial charge is 0.493 e. The highest BCUT2D eigenvalue weighted by molar-refractivity contribution is 6.42. The van der Waals surface area contributed by atoms with Gasteiger partial charge in [0.25, 0.3) is 0 Å². The van der Waals surface area contributed by atoms with Crippen molar-refractivity contribution in [1.82, 2.24) is 5.32 Å². The van der Waals surface area contributed by atoms with Gasteiger partial charge in [-0.1, -0.05) is 35.3 Å². The van der Waals surface area contributed by atoms with E-state index >= 15 is 0 Å². The van der Waals surface area contributed by atoms with Crippen LogP contribution in [-0.2, 0) is 13.2 Å². The van der Waals surface area contributed by atoms with E-state index in [0.29, 0.717) is 28.1 Å². The van der Waals surface area contributed by atoms with Crippen LogP contribution in [0.15, 0.2) is 36.4 Å². The summed E-state index contributed by atoms with van der Waals surface area (Å²) in [6, 6.07) is 12.3. The molecule has 0 saturated heterocycles. The van der Waals surface area contributed by atoms with E-state index in [0.717, 1.165) is 41.4 Å². The number of methoxy groups -OCH3 is 1. The van der Waals surface area contributed by atoms with Crippen LogP contribution < -0.4 is 14.8 Å². The van der Waals surface area contributed by atoms with E-state index in [1.165, 1.54) is 44.1 Å². The van der Waals surface area contributed by atoms with Gasteiger partial charge >= 0.3 is 0 Å². The third-order valence-corrected chi connectivity index (χ3v) is 8.96. The molecule has 4 aliphatic rings. The molecule has 0 heterocycles. The van der Waals surface area contributed by atoms with Gasteiger partial charge in [-0.2, -0.15) is 0 Å². The zero-order chi connectivity index (χ0) is 22.3. The molecule has 6 rings (SSSR count). The van der Waals surface area contributed by atoms with E-state index in [4.69, 9.17) is 32.7 Å². The molecule has 172 valence electrons. The second-order valence-electron chi connectivity index (χ2n) is 10.4. The van der Waals surface area contributed by atoms with E-state index in [1.54, 1.807) is 13.2 Å². The molecule has 5 heteroatoms. The summed E-state index contributed by atoms with van der Waals surface area (Å²) in [6.07, 6.45) is 8.76. The predicted octanol–water partition coefficient (Wildman–Crippen LogP) is 7.28. The van der Waals surface area contributed by atoms with Crippen LogP contribution in [0, 0.1) is 23.2 Å². The Morgan fingerprint density at radius 1 is 0.906 bits per heavy atom. The lowest BCUT2D eigenvalue weighted by Gasteiger charge is -2.59. The molecule has 4 aliphatic carbocycles. The normalized spacial score (nSPS) is 29.2. The summed E-state index contributed by atoms with van der Waals surface area (Å²) >= 11 is 12.1. The monoisotopic (exact) mass is 473 g/mol. The zero-order valence-electron chi connectivity index (χ0n) is 19.0. The molecule has 4 fully saturated rings. The van der Waals surface area contributed by atoms with Crippen LogP contribution in [0.4, 0.5) is 0 Å². The van der Waals surface area contributed by atoms with Crippen molar-refractivity contribution < 1.29 is 9.47 Å². The molecule has 1 atom stereocenters. The number of nitrogens with one attached hydrogen (secondary N) is 1. The van der Waals surface area contributed by atoms with Crippen molar-refractivity contribution in [3.63, 3.8) is 0 Å². The molecule has 0 amide bonds. The van der Waals surface area contributed by atoms with Gasteiger partial charge in [-0.15, -0.1) is 0 Å². The van der Waals surface area contributed by atoms with Crippen LogP contribution in [0.25, 0.3) is 0 Å². The van der Waals surface area contributed by atoms with E-state index in [1.807, 2.05) is 18.2 Å². The van der Waals surface area contributed by atoms with Crippen molar-refractivity contribution in [2.75, 3.05) is 7.11 Å². The van der Waals surface area contributed by atoms with Crippen molar-refractivity contribution in [1.29, 1.82) is 0 Å². The van der Waals surface area contributed by atoms with Gasteiger partial charge in [0.15, 0.2) is 11.5 Å². The van der Waals surface area contributed by atoms with Crippen molar-refractivity contribution in [2.45, 2.75) is 64.6 Å². The summed E-state index contributed by atoms with van der Waals surface area (Å²) in [5.74, 6) is 4.44. The maximum Gasteiger partial charge on any atom is 0.161 e. The summed E-state index contributed by atoms with van der Waals surface area (Å²) in [6.45, 7) is 3.68. The van der Waals surface area contributed by atoms with Crippen LogP contribution >= 0.6 is 23.2 Å². The Morgan fingerprint density at radius 2 is 1.56 bits per heavy atom. The minimum atomic E-state index is 0.411. The fourth-order valence-corrected chi connectivity index (χ4v) is 7.25. The second kappa shape index (κ2) is 9.08. The Bertz CT molecular complexity index is 941. The summed E-state index contributed by atoms with van der Waals surface area (Å²) in [5.41, 5.74) is 2.71. The number of hydrogen-bond acceptors (Lipinski definition) is 3. The van der Waals surface area contributed by atoms with E-state index in [9.17, 15) is 0 Å². The molecule has 4 saturated carbocycles. The Hall–Kier alpha value is -1.42. The molecule has 4 bridgehead atoms. The topological polar surface area (TPSA) is 30.5 Å². The third-order valence-electron chi connectivity index (χ3n) is 8.22. The Labute approximate surface area is 201 Å². The molecule has 0 radical (unpaired) electrons. The molecule has 0 aliphatic heterocycles. The van der Waals surface area contributed by atoms with E-state index in [2.05, 4.69) is 24.4 Å². The van der Waals surface area contributed by atoms with Gasteiger partial charge < -0.3 is 14.8 Å². The van der Waals surface area contributed by atoms with Crippen molar-refractivity contribution >= 4 is 23.2 Å². The van der Waals surface area contributed by atoms with E-state index in [-0.39, 0.29) is 0 Å². The molecule has 0 aromatic heterocycles. The fraction of sp³-hybridized carbons (Fsp3) is 0.556. The standard InChI is InChI=1S/C27H33Cl2NO2/c1-17(27-12-20-7-21(13-27)9-22(8-20)14-27)30-15-18-4-6-25(26(11-18)31-2)32-16-19-3-5-23(28)24(29)10-19/h3-6,10-11,17,20-22,30H,7-9,12-16H2,1-2H3/t17-,20?,21?,22?,27?/m0/s1. The van der Waals surface area contributed by atoms with Crippen LogP contribution in [0.5, 0.6) is 11.5 Å². The quantitative estimate of drug-likeness (QED) is 0.436. The molecular weight excluding hydrogens is 441 g/mol. The van der Waals surface area contributed by atoms with Crippen LogP contribution in [-0.4, -0.2) is 13.2 Å². The molecule has 2 aromatic rings. The summed E-state index contributed by atoms with van der Waals surface area (Å²) in [4.78, 5) is 0. The Kier molecular flexibility index (Phi) is 6.35. The zero-order valence-corrected chi connectivity index (χ0v) is 20.5. The third kappa shape index (κ3) is 4.49.